The summed E-state index contributed by atoms with van der Waals surface area (Å²) in [4.78, 5) is 0. The van der Waals surface area contributed by atoms with Crippen LogP contribution in [0.5, 0.6) is 11.5 Å². The van der Waals surface area contributed by atoms with Gasteiger partial charge in [-0.3, -0.25) is 0 Å². The van der Waals surface area contributed by atoms with E-state index in [-0.39, 0.29) is 11.9 Å². The molecule has 1 heterocycles. The molecule has 2 aromatic carbocycles. The molecule has 0 bridgehead atoms. The monoisotopic (exact) mass is 329 g/mol. The Kier molecular flexibility index (Phi) is 5.05. The lowest BCUT2D eigenvalue weighted by Crippen LogP contribution is -2.30. The van der Waals surface area contributed by atoms with Crippen molar-refractivity contribution in [1.29, 1.82) is 0 Å². The fourth-order valence-corrected chi connectivity index (χ4v) is 3.33. The molecule has 0 radical (unpaired) electrons. The van der Waals surface area contributed by atoms with Crippen molar-refractivity contribution < 1.29 is 13.9 Å². The Morgan fingerprint density at radius 2 is 1.88 bits per heavy atom. The molecular formula is C20H24FNO2. The minimum absolute atomic E-state index is 0.129. The van der Waals surface area contributed by atoms with E-state index in [1.54, 1.807) is 27.2 Å². The highest BCUT2D eigenvalue weighted by Gasteiger charge is 2.22. The Morgan fingerprint density at radius 1 is 1.12 bits per heavy atom. The van der Waals surface area contributed by atoms with E-state index in [9.17, 15) is 4.39 Å². The SMILES string of the molecule is COc1cc2c(cc1OC)C(CCc1ccc(C)c(F)c1)NCC2. The van der Waals surface area contributed by atoms with E-state index in [1.165, 1.54) is 11.1 Å². The average Bonchev–Trinajstić information content (AvgIpc) is 2.61. The Morgan fingerprint density at radius 3 is 2.58 bits per heavy atom. The first kappa shape index (κ1) is 16.8. The first-order valence-electron chi connectivity index (χ1n) is 8.35. The molecule has 1 aliphatic rings. The number of ether oxygens (including phenoxy) is 2. The molecule has 128 valence electrons. The number of hydrogen-bond donors (Lipinski definition) is 1. The van der Waals surface area contributed by atoms with Crippen LogP contribution in [-0.2, 0) is 12.8 Å². The number of benzene rings is 2. The van der Waals surface area contributed by atoms with E-state index in [2.05, 4.69) is 17.4 Å². The van der Waals surface area contributed by atoms with E-state index in [0.29, 0.717) is 5.56 Å². The minimum Gasteiger partial charge on any atom is -0.493 e. The highest BCUT2D eigenvalue weighted by atomic mass is 19.1. The molecule has 2 aromatic rings. The maximum Gasteiger partial charge on any atom is 0.161 e. The lowest BCUT2D eigenvalue weighted by atomic mass is 9.90. The molecule has 0 aromatic heterocycles. The third-order valence-electron chi connectivity index (χ3n) is 4.76. The lowest BCUT2D eigenvalue weighted by molar-refractivity contribution is 0.351. The number of hydrogen-bond acceptors (Lipinski definition) is 3. The maximum atomic E-state index is 13.7. The fraction of sp³-hybridized carbons (Fsp3) is 0.400. The highest BCUT2D eigenvalue weighted by Crippen LogP contribution is 2.36. The summed E-state index contributed by atoms with van der Waals surface area (Å²) in [5.41, 5.74) is 4.28. The smallest absolute Gasteiger partial charge is 0.161 e. The van der Waals surface area contributed by atoms with Gasteiger partial charge in [0.2, 0.25) is 0 Å². The zero-order valence-corrected chi connectivity index (χ0v) is 14.5. The largest absolute Gasteiger partial charge is 0.493 e. The zero-order chi connectivity index (χ0) is 17.1. The van der Waals surface area contributed by atoms with Crippen LogP contribution in [0.1, 0.15) is 34.7 Å². The predicted molar refractivity (Wildman–Crippen MR) is 93.5 cm³/mol. The van der Waals surface area contributed by atoms with Crippen LogP contribution < -0.4 is 14.8 Å². The van der Waals surface area contributed by atoms with Gasteiger partial charge in [-0.15, -0.1) is 0 Å². The Balaban J connectivity index is 1.80. The van der Waals surface area contributed by atoms with Crippen LogP contribution in [0.15, 0.2) is 30.3 Å². The van der Waals surface area contributed by atoms with Gasteiger partial charge in [-0.05, 0) is 73.2 Å². The van der Waals surface area contributed by atoms with Crippen molar-refractivity contribution in [2.45, 2.75) is 32.2 Å². The van der Waals surface area contributed by atoms with Crippen molar-refractivity contribution in [3.05, 3.63) is 58.4 Å². The lowest BCUT2D eigenvalue weighted by Gasteiger charge is -2.28. The first-order valence-corrected chi connectivity index (χ1v) is 8.35. The molecule has 4 heteroatoms. The van der Waals surface area contributed by atoms with Gasteiger partial charge in [0, 0.05) is 6.04 Å². The molecule has 0 aliphatic carbocycles. The second-order valence-electron chi connectivity index (χ2n) is 6.28. The van der Waals surface area contributed by atoms with Gasteiger partial charge in [0.25, 0.3) is 0 Å². The van der Waals surface area contributed by atoms with Gasteiger partial charge >= 0.3 is 0 Å². The van der Waals surface area contributed by atoms with Gasteiger partial charge in [-0.1, -0.05) is 12.1 Å². The van der Waals surface area contributed by atoms with Crippen LogP contribution in [-0.4, -0.2) is 20.8 Å². The molecule has 1 N–H and O–H groups in total. The molecule has 0 saturated heterocycles. The number of aryl methyl sites for hydroxylation is 2. The highest BCUT2D eigenvalue weighted by molar-refractivity contribution is 5.49. The summed E-state index contributed by atoms with van der Waals surface area (Å²) < 4.78 is 24.6. The second kappa shape index (κ2) is 7.22. The number of nitrogens with one attached hydrogen (secondary N) is 1. The summed E-state index contributed by atoms with van der Waals surface area (Å²) in [6.07, 6.45) is 2.74. The quantitative estimate of drug-likeness (QED) is 0.900. The van der Waals surface area contributed by atoms with Gasteiger partial charge in [0.15, 0.2) is 11.5 Å². The molecule has 3 rings (SSSR count). The maximum absolute atomic E-state index is 13.7. The Hall–Kier alpha value is -2.07. The molecule has 1 unspecified atom stereocenters. The van der Waals surface area contributed by atoms with Gasteiger partial charge in [0.1, 0.15) is 5.82 Å². The fourth-order valence-electron chi connectivity index (χ4n) is 3.33. The number of rotatable bonds is 5. The summed E-state index contributed by atoms with van der Waals surface area (Å²) in [5, 5.41) is 3.57. The molecule has 1 atom stereocenters. The summed E-state index contributed by atoms with van der Waals surface area (Å²) in [6, 6.07) is 9.90. The van der Waals surface area contributed by atoms with Crippen LogP contribution in [0.2, 0.25) is 0 Å². The number of fused-ring (bicyclic) bond motifs is 1. The van der Waals surface area contributed by atoms with Crippen LogP contribution >= 0.6 is 0 Å². The topological polar surface area (TPSA) is 30.5 Å². The molecule has 0 spiro atoms. The average molecular weight is 329 g/mol. The van der Waals surface area contributed by atoms with E-state index in [0.717, 1.165) is 42.9 Å². The third-order valence-corrected chi connectivity index (χ3v) is 4.76. The first-order chi connectivity index (χ1) is 11.6. The molecule has 0 saturated carbocycles. The van der Waals surface area contributed by atoms with Crippen molar-refractivity contribution in [2.75, 3.05) is 20.8 Å². The van der Waals surface area contributed by atoms with Crippen molar-refractivity contribution in [2.24, 2.45) is 0 Å². The van der Waals surface area contributed by atoms with Crippen LogP contribution in [0.25, 0.3) is 0 Å². The minimum atomic E-state index is -0.129. The van der Waals surface area contributed by atoms with Gasteiger partial charge < -0.3 is 14.8 Å². The van der Waals surface area contributed by atoms with Gasteiger partial charge in [-0.2, -0.15) is 0 Å². The van der Waals surface area contributed by atoms with Crippen molar-refractivity contribution in [3.8, 4) is 11.5 Å². The summed E-state index contributed by atoms with van der Waals surface area (Å²) in [5.74, 6) is 1.40. The van der Waals surface area contributed by atoms with Gasteiger partial charge in [0.05, 0.1) is 14.2 Å². The van der Waals surface area contributed by atoms with Crippen LogP contribution in [0.3, 0.4) is 0 Å². The van der Waals surface area contributed by atoms with Crippen molar-refractivity contribution in [3.63, 3.8) is 0 Å². The zero-order valence-electron chi connectivity index (χ0n) is 14.5. The standard InChI is InChI=1S/C20H24FNO2/c1-13-4-5-14(10-17(13)21)6-7-18-16-12-20(24-3)19(23-2)11-15(16)8-9-22-18/h4-5,10-12,18,22H,6-9H2,1-3H3. The van der Waals surface area contributed by atoms with Crippen LogP contribution in [0.4, 0.5) is 4.39 Å². The van der Waals surface area contributed by atoms with E-state index in [1.807, 2.05) is 12.1 Å². The predicted octanol–water partition coefficient (Wildman–Crippen LogP) is 3.97. The van der Waals surface area contributed by atoms with E-state index < -0.39 is 0 Å². The molecule has 1 aliphatic heterocycles. The molecule has 0 fully saturated rings. The second-order valence-corrected chi connectivity index (χ2v) is 6.28. The number of methoxy groups -OCH3 is 2. The number of halogens is 1. The third kappa shape index (κ3) is 3.39. The van der Waals surface area contributed by atoms with Crippen molar-refractivity contribution >= 4 is 0 Å². The van der Waals surface area contributed by atoms with E-state index >= 15 is 0 Å². The molecular weight excluding hydrogens is 305 g/mol. The Bertz CT molecular complexity index is 730. The summed E-state index contributed by atoms with van der Waals surface area (Å²) in [7, 11) is 3.32. The molecule has 24 heavy (non-hydrogen) atoms. The Labute approximate surface area is 142 Å². The van der Waals surface area contributed by atoms with Crippen LogP contribution in [0, 0.1) is 12.7 Å². The molecule has 3 nitrogen and oxygen atoms in total. The van der Waals surface area contributed by atoms with Crippen molar-refractivity contribution in [1.82, 2.24) is 5.32 Å². The normalized spacial score (nSPS) is 16.6. The van der Waals surface area contributed by atoms with E-state index in [4.69, 9.17) is 9.47 Å². The summed E-state index contributed by atoms with van der Waals surface area (Å²) in [6.45, 7) is 2.73. The van der Waals surface area contributed by atoms with Gasteiger partial charge in [-0.25, -0.2) is 4.39 Å². The molecule has 0 amide bonds. The summed E-state index contributed by atoms with van der Waals surface area (Å²) >= 11 is 0.